The van der Waals surface area contributed by atoms with Crippen LogP contribution in [0.25, 0.3) is 0 Å². The lowest BCUT2D eigenvalue weighted by atomic mass is 9.90. The van der Waals surface area contributed by atoms with E-state index in [2.05, 4.69) is 16.1 Å². The van der Waals surface area contributed by atoms with Gasteiger partial charge in [0.05, 0.1) is 23.1 Å². The Hall–Kier alpha value is -1.91. The van der Waals surface area contributed by atoms with Gasteiger partial charge >= 0.3 is 0 Å². The average Bonchev–Trinajstić information content (AvgIpc) is 2.58. The summed E-state index contributed by atoms with van der Waals surface area (Å²) < 4.78 is 23.5. The molecule has 1 aromatic carbocycles. The third kappa shape index (κ3) is 5.28. The van der Waals surface area contributed by atoms with E-state index in [1.807, 2.05) is 44.2 Å². The summed E-state index contributed by atoms with van der Waals surface area (Å²) >= 11 is 0. The standard InChI is InChI=1S/C18H25N3O3S/c1-18(2,21-11-14-25(22,23)15-12-21)17(16-8-4-3-5-9-16)20-24-13-7-6-10-19/h3-5,8-9H,6-7,11-15H2,1-2H3. The van der Waals surface area contributed by atoms with Crippen LogP contribution in [-0.2, 0) is 14.7 Å². The molecule has 136 valence electrons. The van der Waals surface area contributed by atoms with Crippen molar-refractivity contribution in [3.8, 4) is 6.07 Å². The maximum absolute atomic E-state index is 11.7. The summed E-state index contributed by atoms with van der Waals surface area (Å²) in [5, 5.41) is 13.0. The molecule has 1 fully saturated rings. The van der Waals surface area contributed by atoms with Gasteiger partial charge in [-0.2, -0.15) is 5.26 Å². The normalized spacial score (nSPS) is 18.5. The van der Waals surface area contributed by atoms with Crippen molar-refractivity contribution in [1.29, 1.82) is 5.26 Å². The summed E-state index contributed by atoms with van der Waals surface area (Å²) in [7, 11) is -2.94. The predicted molar refractivity (Wildman–Crippen MR) is 98.1 cm³/mol. The number of nitrogens with zero attached hydrogens (tertiary/aromatic N) is 3. The first kappa shape index (κ1) is 19.4. The van der Waals surface area contributed by atoms with E-state index in [4.69, 9.17) is 10.1 Å². The second-order valence-electron chi connectivity index (χ2n) is 6.60. The van der Waals surface area contributed by atoms with Crippen molar-refractivity contribution in [1.82, 2.24) is 4.90 Å². The van der Waals surface area contributed by atoms with Gasteiger partial charge in [-0.05, 0) is 20.3 Å². The van der Waals surface area contributed by atoms with Gasteiger partial charge in [-0.3, -0.25) is 4.90 Å². The molecule has 7 heteroatoms. The molecule has 25 heavy (non-hydrogen) atoms. The van der Waals surface area contributed by atoms with E-state index < -0.39 is 15.4 Å². The zero-order chi connectivity index (χ0) is 18.3. The van der Waals surface area contributed by atoms with Crippen LogP contribution in [0.1, 0.15) is 32.3 Å². The van der Waals surface area contributed by atoms with E-state index >= 15 is 0 Å². The number of rotatable bonds is 7. The highest BCUT2D eigenvalue weighted by Gasteiger charge is 2.37. The largest absolute Gasteiger partial charge is 0.395 e. The van der Waals surface area contributed by atoms with Gasteiger partial charge in [-0.25, -0.2) is 8.42 Å². The maximum Gasteiger partial charge on any atom is 0.152 e. The third-order valence-corrected chi connectivity index (χ3v) is 6.05. The molecule has 0 spiro atoms. The van der Waals surface area contributed by atoms with Gasteiger partial charge in [-0.15, -0.1) is 0 Å². The number of hydrogen-bond acceptors (Lipinski definition) is 6. The highest BCUT2D eigenvalue weighted by Crippen LogP contribution is 2.24. The Morgan fingerprint density at radius 3 is 2.52 bits per heavy atom. The topological polar surface area (TPSA) is 82.8 Å². The molecule has 1 saturated heterocycles. The molecular formula is C18H25N3O3S. The molecule has 1 aromatic rings. The quantitative estimate of drug-likeness (QED) is 0.421. The second kappa shape index (κ2) is 8.45. The minimum absolute atomic E-state index is 0.168. The van der Waals surface area contributed by atoms with Crippen LogP contribution in [-0.4, -0.2) is 55.8 Å². The molecule has 0 unspecified atom stereocenters. The van der Waals surface area contributed by atoms with Gasteiger partial charge in [0.2, 0.25) is 0 Å². The molecule has 0 saturated carbocycles. The van der Waals surface area contributed by atoms with Gasteiger partial charge in [-0.1, -0.05) is 35.5 Å². The van der Waals surface area contributed by atoms with Crippen molar-refractivity contribution in [2.24, 2.45) is 5.16 Å². The Labute approximate surface area is 150 Å². The van der Waals surface area contributed by atoms with E-state index in [1.54, 1.807) is 0 Å². The molecule has 0 N–H and O–H groups in total. The lowest BCUT2D eigenvalue weighted by molar-refractivity contribution is 0.132. The van der Waals surface area contributed by atoms with Crippen molar-refractivity contribution < 1.29 is 13.3 Å². The fraction of sp³-hybridized carbons (Fsp3) is 0.556. The minimum Gasteiger partial charge on any atom is -0.395 e. The van der Waals surface area contributed by atoms with Crippen molar-refractivity contribution in [2.45, 2.75) is 32.2 Å². The predicted octanol–water partition coefficient (Wildman–Crippen LogP) is 2.22. The molecule has 0 atom stereocenters. The fourth-order valence-electron chi connectivity index (χ4n) is 2.86. The zero-order valence-corrected chi connectivity index (χ0v) is 15.6. The van der Waals surface area contributed by atoms with Crippen LogP contribution in [0, 0.1) is 11.3 Å². The molecule has 0 radical (unpaired) electrons. The number of hydrogen-bond donors (Lipinski definition) is 0. The summed E-state index contributed by atoms with van der Waals surface area (Å²) in [6.07, 6.45) is 1.06. The lowest BCUT2D eigenvalue weighted by Crippen LogP contribution is -2.56. The van der Waals surface area contributed by atoms with Gasteiger partial charge in [0.15, 0.2) is 9.84 Å². The molecule has 6 nitrogen and oxygen atoms in total. The fourth-order valence-corrected chi connectivity index (χ4v) is 4.06. The zero-order valence-electron chi connectivity index (χ0n) is 14.8. The first-order valence-electron chi connectivity index (χ1n) is 8.45. The molecule has 0 aliphatic carbocycles. The third-order valence-electron chi connectivity index (χ3n) is 4.44. The molecule has 0 bridgehead atoms. The molecule has 2 rings (SSSR count). The smallest absolute Gasteiger partial charge is 0.152 e. The molecule has 1 heterocycles. The maximum atomic E-state index is 11.7. The molecular weight excluding hydrogens is 338 g/mol. The Kier molecular flexibility index (Phi) is 6.57. The Bertz CT molecular complexity index is 723. The van der Waals surface area contributed by atoms with Crippen LogP contribution in [0.4, 0.5) is 0 Å². The van der Waals surface area contributed by atoms with E-state index in [0.29, 0.717) is 32.5 Å². The lowest BCUT2D eigenvalue weighted by Gasteiger charge is -2.41. The number of oxime groups is 1. The summed E-state index contributed by atoms with van der Waals surface area (Å²) in [6, 6.07) is 11.9. The Morgan fingerprint density at radius 2 is 1.92 bits per heavy atom. The molecule has 1 aliphatic heterocycles. The van der Waals surface area contributed by atoms with Crippen molar-refractivity contribution in [3.05, 3.63) is 35.9 Å². The van der Waals surface area contributed by atoms with Crippen LogP contribution in [0.15, 0.2) is 35.5 Å². The Balaban J connectivity index is 2.21. The highest BCUT2D eigenvalue weighted by molar-refractivity contribution is 7.91. The monoisotopic (exact) mass is 363 g/mol. The summed E-state index contributed by atoms with van der Waals surface area (Å²) in [5.41, 5.74) is 1.25. The summed E-state index contributed by atoms with van der Waals surface area (Å²) in [4.78, 5) is 7.60. The van der Waals surface area contributed by atoms with Crippen molar-refractivity contribution in [3.63, 3.8) is 0 Å². The van der Waals surface area contributed by atoms with E-state index in [-0.39, 0.29) is 11.5 Å². The highest BCUT2D eigenvalue weighted by atomic mass is 32.2. The molecule has 1 aliphatic rings. The first-order chi connectivity index (χ1) is 11.9. The number of sulfone groups is 1. The van der Waals surface area contributed by atoms with Crippen molar-refractivity contribution in [2.75, 3.05) is 31.2 Å². The first-order valence-corrected chi connectivity index (χ1v) is 10.3. The minimum atomic E-state index is -2.94. The van der Waals surface area contributed by atoms with Crippen LogP contribution < -0.4 is 0 Å². The van der Waals surface area contributed by atoms with Gasteiger partial charge < -0.3 is 4.84 Å². The summed E-state index contributed by atoms with van der Waals surface area (Å²) in [6.45, 7) is 5.42. The average molecular weight is 363 g/mol. The van der Waals surface area contributed by atoms with E-state index in [1.165, 1.54) is 0 Å². The van der Waals surface area contributed by atoms with Gasteiger partial charge in [0.25, 0.3) is 0 Å². The summed E-state index contributed by atoms with van der Waals surface area (Å²) in [5.74, 6) is 0.336. The van der Waals surface area contributed by atoms with E-state index in [9.17, 15) is 8.42 Å². The number of benzene rings is 1. The number of unbranched alkanes of at least 4 members (excludes halogenated alkanes) is 1. The van der Waals surface area contributed by atoms with Gasteiger partial charge in [0, 0.05) is 25.1 Å². The molecule has 0 amide bonds. The van der Waals surface area contributed by atoms with E-state index in [0.717, 1.165) is 11.3 Å². The van der Waals surface area contributed by atoms with Crippen LogP contribution in [0.5, 0.6) is 0 Å². The van der Waals surface area contributed by atoms with Gasteiger partial charge in [0.1, 0.15) is 12.3 Å². The van der Waals surface area contributed by atoms with Crippen molar-refractivity contribution >= 4 is 15.5 Å². The van der Waals surface area contributed by atoms with Crippen LogP contribution in [0.2, 0.25) is 0 Å². The number of nitriles is 1. The Morgan fingerprint density at radius 1 is 1.28 bits per heavy atom. The second-order valence-corrected chi connectivity index (χ2v) is 8.90. The van der Waals surface area contributed by atoms with Crippen LogP contribution >= 0.6 is 0 Å². The SMILES string of the molecule is CC(C)(C(=NOCCCC#N)c1ccccc1)N1CCS(=O)(=O)CC1. The molecule has 0 aromatic heterocycles. The van der Waals surface area contributed by atoms with Crippen LogP contribution in [0.3, 0.4) is 0 Å².